The van der Waals surface area contributed by atoms with E-state index >= 15 is 0 Å². The Labute approximate surface area is 89.1 Å². The van der Waals surface area contributed by atoms with Crippen LogP contribution in [0, 0.1) is 6.92 Å². The second-order valence-corrected chi connectivity index (χ2v) is 3.51. The SMILES string of the molecule is CCNC(C)(C(N)=O)c1nccnc1C. The monoisotopic (exact) mass is 208 g/mol. The van der Waals surface area contributed by atoms with Gasteiger partial charge in [0.15, 0.2) is 0 Å². The minimum absolute atomic E-state index is 0.451. The van der Waals surface area contributed by atoms with Gasteiger partial charge in [-0.05, 0) is 20.4 Å². The lowest BCUT2D eigenvalue weighted by atomic mass is 9.95. The first-order valence-electron chi connectivity index (χ1n) is 4.85. The quantitative estimate of drug-likeness (QED) is 0.735. The predicted molar refractivity (Wildman–Crippen MR) is 57.0 cm³/mol. The molecule has 1 rings (SSSR count). The van der Waals surface area contributed by atoms with Gasteiger partial charge in [0.25, 0.3) is 0 Å². The molecule has 0 aliphatic rings. The van der Waals surface area contributed by atoms with Gasteiger partial charge in [0, 0.05) is 12.4 Å². The fourth-order valence-corrected chi connectivity index (χ4v) is 1.54. The molecule has 1 atom stereocenters. The number of rotatable bonds is 4. The van der Waals surface area contributed by atoms with E-state index in [0.717, 1.165) is 0 Å². The molecule has 0 saturated heterocycles. The van der Waals surface area contributed by atoms with E-state index in [9.17, 15) is 4.79 Å². The number of hydrogen-bond acceptors (Lipinski definition) is 4. The Hall–Kier alpha value is -1.49. The first kappa shape index (κ1) is 11.6. The smallest absolute Gasteiger partial charge is 0.243 e. The maximum atomic E-state index is 11.5. The Morgan fingerprint density at radius 3 is 2.60 bits per heavy atom. The van der Waals surface area contributed by atoms with E-state index in [1.165, 1.54) is 0 Å². The third-order valence-corrected chi connectivity index (χ3v) is 2.38. The highest BCUT2D eigenvalue weighted by Crippen LogP contribution is 2.19. The highest BCUT2D eigenvalue weighted by Gasteiger charge is 2.35. The van der Waals surface area contributed by atoms with Crippen LogP contribution in [0.1, 0.15) is 25.2 Å². The summed E-state index contributed by atoms with van der Waals surface area (Å²) in [5.74, 6) is -0.451. The number of nitrogens with zero attached hydrogens (tertiary/aromatic N) is 2. The molecular weight excluding hydrogens is 192 g/mol. The molecule has 0 radical (unpaired) electrons. The number of hydrogen-bond donors (Lipinski definition) is 2. The van der Waals surface area contributed by atoms with Gasteiger partial charge in [0.2, 0.25) is 5.91 Å². The largest absolute Gasteiger partial charge is 0.368 e. The van der Waals surface area contributed by atoms with Crippen molar-refractivity contribution >= 4 is 5.91 Å². The van der Waals surface area contributed by atoms with Gasteiger partial charge in [0.1, 0.15) is 5.54 Å². The third kappa shape index (κ3) is 2.12. The number of carbonyl (C=O) groups excluding carboxylic acids is 1. The van der Waals surface area contributed by atoms with Gasteiger partial charge < -0.3 is 5.73 Å². The third-order valence-electron chi connectivity index (χ3n) is 2.38. The van der Waals surface area contributed by atoms with E-state index in [1.807, 2.05) is 6.92 Å². The van der Waals surface area contributed by atoms with E-state index < -0.39 is 11.4 Å². The number of aryl methyl sites for hydroxylation is 1. The Bertz CT molecular complexity index is 366. The number of amides is 1. The van der Waals surface area contributed by atoms with Crippen molar-refractivity contribution in [2.75, 3.05) is 6.54 Å². The van der Waals surface area contributed by atoms with Gasteiger partial charge in [-0.1, -0.05) is 6.92 Å². The zero-order valence-corrected chi connectivity index (χ0v) is 9.24. The van der Waals surface area contributed by atoms with Crippen molar-refractivity contribution in [2.24, 2.45) is 5.73 Å². The highest BCUT2D eigenvalue weighted by molar-refractivity contribution is 5.85. The maximum Gasteiger partial charge on any atom is 0.243 e. The average Bonchev–Trinajstić information content (AvgIpc) is 2.18. The molecule has 0 aromatic carbocycles. The van der Waals surface area contributed by atoms with Gasteiger partial charge >= 0.3 is 0 Å². The first-order chi connectivity index (χ1) is 7.02. The van der Waals surface area contributed by atoms with Crippen molar-refractivity contribution in [3.05, 3.63) is 23.8 Å². The number of nitrogens with one attached hydrogen (secondary N) is 1. The summed E-state index contributed by atoms with van der Waals surface area (Å²) in [5, 5.41) is 3.04. The molecule has 1 aromatic heterocycles. The average molecular weight is 208 g/mol. The van der Waals surface area contributed by atoms with Crippen molar-refractivity contribution in [1.82, 2.24) is 15.3 Å². The topological polar surface area (TPSA) is 80.9 Å². The molecule has 1 aromatic rings. The lowest BCUT2D eigenvalue weighted by molar-refractivity contribution is -0.124. The number of likely N-dealkylation sites (N-methyl/N-ethyl adjacent to an activating group) is 1. The molecular formula is C10H16N4O. The van der Waals surface area contributed by atoms with Gasteiger partial charge in [-0.25, -0.2) is 0 Å². The van der Waals surface area contributed by atoms with Crippen LogP contribution in [0.25, 0.3) is 0 Å². The number of primary amides is 1. The van der Waals surface area contributed by atoms with Crippen LogP contribution >= 0.6 is 0 Å². The molecule has 0 aliphatic heterocycles. The molecule has 5 nitrogen and oxygen atoms in total. The van der Waals surface area contributed by atoms with Crippen LogP contribution in [0.5, 0.6) is 0 Å². The van der Waals surface area contributed by atoms with Crippen molar-refractivity contribution in [1.29, 1.82) is 0 Å². The van der Waals surface area contributed by atoms with Crippen LogP contribution < -0.4 is 11.1 Å². The van der Waals surface area contributed by atoms with E-state index in [0.29, 0.717) is 17.9 Å². The van der Waals surface area contributed by atoms with Crippen LogP contribution in [-0.2, 0) is 10.3 Å². The molecule has 15 heavy (non-hydrogen) atoms. The van der Waals surface area contributed by atoms with Gasteiger partial charge in [-0.3, -0.25) is 20.1 Å². The fourth-order valence-electron chi connectivity index (χ4n) is 1.54. The number of aromatic nitrogens is 2. The lowest BCUT2D eigenvalue weighted by Crippen LogP contribution is -2.51. The molecule has 0 spiro atoms. The number of nitrogens with two attached hydrogens (primary N) is 1. The minimum Gasteiger partial charge on any atom is -0.368 e. The molecule has 0 aliphatic carbocycles. The van der Waals surface area contributed by atoms with E-state index in [2.05, 4.69) is 15.3 Å². The van der Waals surface area contributed by atoms with Gasteiger partial charge in [-0.15, -0.1) is 0 Å². The van der Waals surface area contributed by atoms with E-state index in [4.69, 9.17) is 5.73 Å². The Kier molecular flexibility index (Phi) is 3.36. The summed E-state index contributed by atoms with van der Waals surface area (Å²) in [5.41, 5.74) is 5.73. The molecule has 1 amide bonds. The van der Waals surface area contributed by atoms with E-state index in [-0.39, 0.29) is 0 Å². The van der Waals surface area contributed by atoms with Crippen LogP contribution in [-0.4, -0.2) is 22.4 Å². The summed E-state index contributed by atoms with van der Waals surface area (Å²) >= 11 is 0. The van der Waals surface area contributed by atoms with Gasteiger partial charge in [-0.2, -0.15) is 0 Å². The van der Waals surface area contributed by atoms with Crippen molar-refractivity contribution < 1.29 is 4.79 Å². The Balaban J connectivity index is 3.21. The van der Waals surface area contributed by atoms with Crippen LogP contribution in [0.3, 0.4) is 0 Å². The fraction of sp³-hybridized carbons (Fsp3) is 0.500. The van der Waals surface area contributed by atoms with Crippen molar-refractivity contribution in [3.63, 3.8) is 0 Å². The maximum absolute atomic E-state index is 11.5. The van der Waals surface area contributed by atoms with E-state index in [1.54, 1.807) is 26.2 Å². The summed E-state index contributed by atoms with van der Waals surface area (Å²) in [7, 11) is 0. The Morgan fingerprint density at radius 1 is 1.53 bits per heavy atom. The molecule has 3 N–H and O–H groups in total. The van der Waals surface area contributed by atoms with Gasteiger partial charge in [0.05, 0.1) is 11.4 Å². The first-order valence-corrected chi connectivity index (χ1v) is 4.85. The summed E-state index contributed by atoms with van der Waals surface area (Å²) in [4.78, 5) is 19.7. The lowest BCUT2D eigenvalue weighted by Gasteiger charge is -2.27. The van der Waals surface area contributed by atoms with Crippen LogP contribution in [0.15, 0.2) is 12.4 Å². The summed E-state index contributed by atoms with van der Waals surface area (Å²) in [6.07, 6.45) is 3.15. The molecule has 1 heterocycles. The highest BCUT2D eigenvalue weighted by atomic mass is 16.1. The summed E-state index contributed by atoms with van der Waals surface area (Å²) in [6, 6.07) is 0. The molecule has 0 bridgehead atoms. The zero-order chi connectivity index (χ0) is 11.5. The molecule has 0 saturated carbocycles. The molecule has 82 valence electrons. The standard InChI is InChI=1S/C10H16N4O/c1-4-14-10(3,9(11)15)8-7(2)12-5-6-13-8/h5-6,14H,4H2,1-3H3,(H2,11,15). The molecule has 0 fully saturated rings. The second kappa shape index (κ2) is 4.35. The normalized spacial score (nSPS) is 14.6. The van der Waals surface area contributed by atoms with Crippen molar-refractivity contribution in [2.45, 2.75) is 26.3 Å². The summed E-state index contributed by atoms with van der Waals surface area (Å²) in [6.45, 7) is 6.07. The van der Waals surface area contributed by atoms with Crippen LogP contribution in [0.4, 0.5) is 0 Å². The minimum atomic E-state index is -0.951. The van der Waals surface area contributed by atoms with Crippen molar-refractivity contribution in [3.8, 4) is 0 Å². The van der Waals surface area contributed by atoms with Crippen LogP contribution in [0.2, 0.25) is 0 Å². The summed E-state index contributed by atoms with van der Waals surface area (Å²) < 4.78 is 0. The number of carbonyl (C=O) groups is 1. The molecule has 1 unspecified atom stereocenters. The molecule has 5 heteroatoms. The second-order valence-electron chi connectivity index (χ2n) is 3.51. The zero-order valence-electron chi connectivity index (χ0n) is 9.24. The Morgan fingerprint density at radius 2 is 2.13 bits per heavy atom. The predicted octanol–water partition coefficient (Wildman–Crippen LogP) is 0.0950.